The summed E-state index contributed by atoms with van der Waals surface area (Å²) in [5, 5.41) is 0. The van der Waals surface area contributed by atoms with Gasteiger partial charge in [0.25, 0.3) is 0 Å². The molecule has 26 heavy (non-hydrogen) atoms. The summed E-state index contributed by atoms with van der Waals surface area (Å²) in [6.45, 7) is 5.67. The van der Waals surface area contributed by atoms with Crippen molar-refractivity contribution in [2.45, 2.75) is 32.5 Å². The Kier molecular flexibility index (Phi) is 4.93. The van der Waals surface area contributed by atoms with E-state index in [0.717, 1.165) is 43.3 Å². The van der Waals surface area contributed by atoms with Crippen LogP contribution in [-0.2, 0) is 19.5 Å². The highest BCUT2D eigenvalue weighted by atomic mass is 16.5. The van der Waals surface area contributed by atoms with Crippen molar-refractivity contribution >= 4 is 0 Å². The lowest BCUT2D eigenvalue weighted by molar-refractivity contribution is 0.153. The van der Waals surface area contributed by atoms with Crippen LogP contribution in [0.15, 0.2) is 55.1 Å². The van der Waals surface area contributed by atoms with E-state index in [9.17, 15) is 0 Å². The molecule has 0 N–H and O–H groups in total. The average molecular weight is 349 g/mol. The van der Waals surface area contributed by atoms with Crippen molar-refractivity contribution in [1.29, 1.82) is 0 Å². The summed E-state index contributed by atoms with van der Waals surface area (Å²) in [5.41, 5.74) is 2.34. The Labute approximate surface area is 153 Å². The molecule has 0 unspecified atom stereocenters. The highest BCUT2D eigenvalue weighted by Gasteiger charge is 2.27. The average Bonchev–Trinajstić information content (AvgIpc) is 3.10. The van der Waals surface area contributed by atoms with Gasteiger partial charge in [0.2, 0.25) is 0 Å². The Bertz CT molecular complexity index is 834. The molecule has 6 nitrogen and oxygen atoms in total. The maximum absolute atomic E-state index is 5.80. The lowest BCUT2D eigenvalue weighted by atomic mass is 10.2. The molecule has 1 aliphatic heterocycles. The number of imidazole rings is 1. The maximum Gasteiger partial charge on any atom is 0.126 e. The Morgan fingerprint density at radius 3 is 2.77 bits per heavy atom. The van der Waals surface area contributed by atoms with Gasteiger partial charge in [0.15, 0.2) is 0 Å². The van der Waals surface area contributed by atoms with Crippen LogP contribution >= 0.6 is 0 Å². The highest BCUT2D eigenvalue weighted by molar-refractivity contribution is 5.17. The molecule has 0 fully saturated rings. The zero-order valence-corrected chi connectivity index (χ0v) is 15.0. The summed E-state index contributed by atoms with van der Waals surface area (Å²) in [5.74, 6) is 1.99. The number of aromatic nitrogens is 4. The second-order valence-electron chi connectivity index (χ2n) is 6.51. The largest absolute Gasteiger partial charge is 0.493 e. The van der Waals surface area contributed by atoms with Gasteiger partial charge in [0.1, 0.15) is 11.6 Å². The van der Waals surface area contributed by atoms with E-state index in [-0.39, 0.29) is 6.04 Å². The fourth-order valence-corrected chi connectivity index (χ4v) is 3.43. The predicted octanol–water partition coefficient (Wildman–Crippen LogP) is 2.87. The number of nitrogens with zero attached hydrogens (tertiary/aromatic N) is 5. The first-order valence-corrected chi connectivity index (χ1v) is 9.02. The van der Waals surface area contributed by atoms with E-state index in [2.05, 4.69) is 32.4 Å². The van der Waals surface area contributed by atoms with Gasteiger partial charge >= 0.3 is 0 Å². The van der Waals surface area contributed by atoms with Crippen molar-refractivity contribution in [1.82, 2.24) is 24.4 Å². The number of fused-ring (bicyclic) bond motifs is 1. The first kappa shape index (κ1) is 16.7. The molecule has 0 aromatic carbocycles. The van der Waals surface area contributed by atoms with Crippen molar-refractivity contribution in [3.8, 4) is 5.75 Å². The summed E-state index contributed by atoms with van der Waals surface area (Å²) in [6.07, 6.45) is 8.18. The van der Waals surface area contributed by atoms with Crippen molar-refractivity contribution < 1.29 is 4.74 Å². The van der Waals surface area contributed by atoms with E-state index in [1.165, 1.54) is 5.69 Å². The smallest absolute Gasteiger partial charge is 0.126 e. The van der Waals surface area contributed by atoms with E-state index in [1.54, 1.807) is 12.4 Å². The molecule has 1 atom stereocenters. The fraction of sp³-hybridized carbons (Fsp3) is 0.350. The quantitative estimate of drug-likeness (QED) is 0.685. The minimum absolute atomic E-state index is 0.278. The molecule has 6 heteroatoms. The van der Waals surface area contributed by atoms with Crippen LogP contribution in [0.5, 0.6) is 5.75 Å². The van der Waals surface area contributed by atoms with Gasteiger partial charge < -0.3 is 9.30 Å². The van der Waals surface area contributed by atoms with Gasteiger partial charge in [-0.3, -0.25) is 14.9 Å². The molecule has 0 amide bonds. The van der Waals surface area contributed by atoms with E-state index in [1.807, 2.05) is 36.7 Å². The Hall–Kier alpha value is -2.73. The standard InChI is InChI=1S/C20H23N5O/c1-16-20-23-14-18(7-13-26-19-5-9-21-10-6-19)25(20)12-11-24(16)15-17-4-2-3-8-22-17/h2-6,8-10,14,16H,7,11-13,15H2,1H3/t16-/m1/s1. The van der Waals surface area contributed by atoms with E-state index >= 15 is 0 Å². The molecule has 0 saturated heterocycles. The van der Waals surface area contributed by atoms with Crippen LogP contribution in [0.2, 0.25) is 0 Å². The molecule has 3 aromatic heterocycles. The number of pyridine rings is 2. The molecule has 0 radical (unpaired) electrons. The van der Waals surface area contributed by atoms with Crippen LogP contribution < -0.4 is 4.74 Å². The van der Waals surface area contributed by atoms with Gasteiger partial charge in [-0.15, -0.1) is 0 Å². The number of hydrogen-bond donors (Lipinski definition) is 0. The fourth-order valence-electron chi connectivity index (χ4n) is 3.43. The van der Waals surface area contributed by atoms with Crippen molar-refractivity contribution in [2.24, 2.45) is 0 Å². The van der Waals surface area contributed by atoms with Gasteiger partial charge in [-0.2, -0.15) is 0 Å². The van der Waals surface area contributed by atoms with Crippen LogP contribution in [0.1, 0.15) is 30.2 Å². The van der Waals surface area contributed by atoms with Crippen molar-refractivity contribution in [2.75, 3.05) is 13.2 Å². The van der Waals surface area contributed by atoms with Gasteiger partial charge in [0, 0.05) is 56.5 Å². The summed E-state index contributed by atoms with van der Waals surface area (Å²) in [7, 11) is 0. The van der Waals surface area contributed by atoms with Crippen molar-refractivity contribution in [3.05, 3.63) is 72.3 Å². The minimum atomic E-state index is 0.278. The molecule has 0 spiro atoms. The zero-order chi connectivity index (χ0) is 17.8. The molecule has 4 heterocycles. The van der Waals surface area contributed by atoms with Crippen LogP contribution in [0, 0.1) is 0 Å². The molecule has 1 aliphatic rings. The van der Waals surface area contributed by atoms with Gasteiger partial charge in [0.05, 0.1) is 18.3 Å². The normalized spacial score (nSPS) is 17.0. The van der Waals surface area contributed by atoms with E-state index in [0.29, 0.717) is 6.61 Å². The Morgan fingerprint density at radius 1 is 1.08 bits per heavy atom. The number of hydrogen-bond acceptors (Lipinski definition) is 5. The Morgan fingerprint density at radius 2 is 1.96 bits per heavy atom. The summed E-state index contributed by atoms with van der Waals surface area (Å²) < 4.78 is 8.14. The molecule has 0 bridgehead atoms. The van der Waals surface area contributed by atoms with E-state index < -0.39 is 0 Å². The molecule has 0 aliphatic carbocycles. The van der Waals surface area contributed by atoms with Crippen LogP contribution in [-0.4, -0.2) is 37.6 Å². The first-order valence-electron chi connectivity index (χ1n) is 9.02. The molecule has 134 valence electrons. The lowest BCUT2D eigenvalue weighted by Gasteiger charge is -2.34. The molecular weight excluding hydrogens is 326 g/mol. The van der Waals surface area contributed by atoms with Crippen LogP contribution in [0.25, 0.3) is 0 Å². The molecule has 0 saturated carbocycles. The van der Waals surface area contributed by atoms with E-state index in [4.69, 9.17) is 9.72 Å². The lowest BCUT2D eigenvalue weighted by Crippen LogP contribution is -2.37. The minimum Gasteiger partial charge on any atom is -0.493 e. The monoisotopic (exact) mass is 349 g/mol. The number of rotatable bonds is 6. The third kappa shape index (κ3) is 3.60. The van der Waals surface area contributed by atoms with Gasteiger partial charge in [-0.05, 0) is 31.2 Å². The highest BCUT2D eigenvalue weighted by Crippen LogP contribution is 2.26. The second-order valence-corrected chi connectivity index (χ2v) is 6.51. The number of ether oxygens (including phenoxy) is 1. The molecule has 3 aromatic rings. The molecule has 4 rings (SSSR count). The summed E-state index contributed by atoms with van der Waals surface area (Å²) in [6, 6.07) is 10.1. The topological polar surface area (TPSA) is 56.1 Å². The third-order valence-corrected chi connectivity index (χ3v) is 4.87. The second kappa shape index (κ2) is 7.66. The summed E-state index contributed by atoms with van der Waals surface area (Å²) in [4.78, 5) is 15.6. The zero-order valence-electron chi connectivity index (χ0n) is 15.0. The Balaban J connectivity index is 1.39. The molecular formula is C20H23N5O. The predicted molar refractivity (Wildman–Crippen MR) is 98.7 cm³/mol. The van der Waals surface area contributed by atoms with Crippen LogP contribution in [0.3, 0.4) is 0 Å². The SMILES string of the molecule is C[C@@H]1c2ncc(CCOc3ccncc3)n2CCN1Cc1ccccn1. The van der Waals surface area contributed by atoms with Gasteiger partial charge in [-0.25, -0.2) is 4.98 Å². The van der Waals surface area contributed by atoms with Gasteiger partial charge in [-0.1, -0.05) is 6.07 Å². The van der Waals surface area contributed by atoms with Crippen LogP contribution in [0.4, 0.5) is 0 Å². The first-order chi connectivity index (χ1) is 12.8. The third-order valence-electron chi connectivity index (χ3n) is 4.87. The van der Waals surface area contributed by atoms with Crippen molar-refractivity contribution in [3.63, 3.8) is 0 Å². The summed E-state index contributed by atoms with van der Waals surface area (Å²) >= 11 is 0. The maximum atomic E-state index is 5.80.